The standard InChI is InChI=1S/C18H35NO3/c1-4-5-6-7-8-9-10-11-12-13-17(20)19-16(18(21)22)14-15(2)3/h15-16H,4-14H2,1-3H3,(H,19,20)(H,21,22). The summed E-state index contributed by atoms with van der Waals surface area (Å²) in [4.78, 5) is 22.9. The number of carboxylic acids is 1. The number of hydrogen-bond donors (Lipinski definition) is 2. The van der Waals surface area contributed by atoms with Crippen molar-refractivity contribution in [1.29, 1.82) is 0 Å². The molecule has 1 amide bonds. The Morgan fingerprint density at radius 1 is 0.909 bits per heavy atom. The Balaban J connectivity index is 3.61. The number of unbranched alkanes of at least 4 members (excludes halogenated alkanes) is 8. The molecule has 0 aliphatic heterocycles. The maximum Gasteiger partial charge on any atom is 0.326 e. The summed E-state index contributed by atoms with van der Waals surface area (Å²) in [5, 5.41) is 11.7. The first-order valence-electron chi connectivity index (χ1n) is 8.99. The maximum atomic E-state index is 11.8. The predicted octanol–water partition coefficient (Wildman–Crippen LogP) is 4.52. The average Bonchev–Trinajstić information content (AvgIpc) is 2.44. The minimum absolute atomic E-state index is 0.129. The minimum atomic E-state index is -0.936. The molecule has 0 aliphatic carbocycles. The van der Waals surface area contributed by atoms with Crippen molar-refractivity contribution in [3.8, 4) is 0 Å². The molecule has 0 saturated carbocycles. The first-order valence-corrected chi connectivity index (χ1v) is 8.99. The van der Waals surface area contributed by atoms with Gasteiger partial charge < -0.3 is 10.4 Å². The molecule has 0 aromatic rings. The molecule has 0 bridgehead atoms. The third-order valence-corrected chi connectivity index (χ3v) is 3.85. The minimum Gasteiger partial charge on any atom is -0.480 e. The fourth-order valence-electron chi connectivity index (χ4n) is 2.56. The van der Waals surface area contributed by atoms with Crippen LogP contribution in [0.25, 0.3) is 0 Å². The van der Waals surface area contributed by atoms with Gasteiger partial charge in [-0.3, -0.25) is 4.79 Å². The van der Waals surface area contributed by atoms with Crippen molar-refractivity contribution < 1.29 is 14.7 Å². The van der Waals surface area contributed by atoms with Crippen LogP contribution < -0.4 is 5.32 Å². The van der Waals surface area contributed by atoms with E-state index in [1.165, 1.54) is 44.9 Å². The molecule has 0 aromatic heterocycles. The van der Waals surface area contributed by atoms with Crippen molar-refractivity contribution in [2.24, 2.45) is 5.92 Å². The molecule has 22 heavy (non-hydrogen) atoms. The van der Waals surface area contributed by atoms with E-state index in [1.54, 1.807) is 0 Å². The summed E-state index contributed by atoms with van der Waals surface area (Å²) in [6.45, 7) is 6.15. The third-order valence-electron chi connectivity index (χ3n) is 3.85. The zero-order valence-corrected chi connectivity index (χ0v) is 14.7. The van der Waals surface area contributed by atoms with Gasteiger partial charge in [-0.15, -0.1) is 0 Å². The zero-order chi connectivity index (χ0) is 16.8. The van der Waals surface area contributed by atoms with Gasteiger partial charge in [-0.25, -0.2) is 4.79 Å². The number of rotatable bonds is 14. The Labute approximate surface area is 136 Å². The smallest absolute Gasteiger partial charge is 0.326 e. The zero-order valence-electron chi connectivity index (χ0n) is 14.7. The molecule has 1 unspecified atom stereocenters. The molecule has 0 rings (SSSR count). The molecule has 0 heterocycles. The number of carboxylic acid groups (broad SMARTS) is 1. The molecule has 0 spiro atoms. The molecule has 4 nitrogen and oxygen atoms in total. The summed E-state index contributed by atoms with van der Waals surface area (Å²) >= 11 is 0. The fraction of sp³-hybridized carbons (Fsp3) is 0.889. The van der Waals surface area contributed by atoms with E-state index >= 15 is 0 Å². The lowest BCUT2D eigenvalue weighted by molar-refractivity contribution is -0.142. The summed E-state index contributed by atoms with van der Waals surface area (Å²) in [6, 6.07) is -0.744. The van der Waals surface area contributed by atoms with Crippen LogP contribution in [0.2, 0.25) is 0 Å². The van der Waals surface area contributed by atoms with Crippen LogP contribution in [-0.4, -0.2) is 23.0 Å². The summed E-state index contributed by atoms with van der Waals surface area (Å²) in [6.07, 6.45) is 11.8. The summed E-state index contributed by atoms with van der Waals surface area (Å²) in [5.41, 5.74) is 0. The van der Waals surface area contributed by atoms with Crippen molar-refractivity contribution in [1.82, 2.24) is 5.32 Å². The van der Waals surface area contributed by atoms with Crippen LogP contribution in [0, 0.1) is 5.92 Å². The number of carbonyl (C=O) groups excluding carboxylic acids is 1. The van der Waals surface area contributed by atoms with Gasteiger partial charge in [-0.05, 0) is 18.8 Å². The van der Waals surface area contributed by atoms with Gasteiger partial charge in [0.2, 0.25) is 5.91 Å². The molecule has 4 heteroatoms. The van der Waals surface area contributed by atoms with Crippen molar-refractivity contribution in [2.45, 2.75) is 97.4 Å². The van der Waals surface area contributed by atoms with Gasteiger partial charge in [0.15, 0.2) is 0 Å². The molecular formula is C18H35NO3. The van der Waals surface area contributed by atoms with E-state index in [2.05, 4.69) is 12.2 Å². The lowest BCUT2D eigenvalue weighted by Gasteiger charge is -2.16. The van der Waals surface area contributed by atoms with Crippen LogP contribution >= 0.6 is 0 Å². The number of carbonyl (C=O) groups is 2. The number of nitrogens with one attached hydrogen (secondary N) is 1. The quantitative estimate of drug-likeness (QED) is 0.463. The van der Waals surface area contributed by atoms with Crippen LogP contribution in [0.1, 0.15) is 91.4 Å². The highest BCUT2D eigenvalue weighted by Gasteiger charge is 2.20. The van der Waals surface area contributed by atoms with E-state index in [9.17, 15) is 9.59 Å². The van der Waals surface area contributed by atoms with Gasteiger partial charge in [0.05, 0.1) is 0 Å². The van der Waals surface area contributed by atoms with E-state index in [0.29, 0.717) is 12.8 Å². The Hall–Kier alpha value is -1.06. The molecule has 0 radical (unpaired) electrons. The van der Waals surface area contributed by atoms with Crippen molar-refractivity contribution >= 4 is 11.9 Å². The Morgan fingerprint density at radius 3 is 1.86 bits per heavy atom. The summed E-state index contributed by atoms with van der Waals surface area (Å²) in [5.74, 6) is -0.806. The van der Waals surface area contributed by atoms with Crippen molar-refractivity contribution in [3.63, 3.8) is 0 Å². The number of aliphatic carboxylic acids is 1. The molecule has 0 fully saturated rings. The molecule has 0 aliphatic rings. The van der Waals surface area contributed by atoms with Gasteiger partial charge in [-0.1, -0.05) is 72.1 Å². The van der Waals surface area contributed by atoms with Gasteiger partial charge in [0, 0.05) is 6.42 Å². The topological polar surface area (TPSA) is 66.4 Å². The Bertz CT molecular complexity index is 303. The number of amides is 1. The largest absolute Gasteiger partial charge is 0.480 e. The van der Waals surface area contributed by atoms with E-state index in [0.717, 1.165) is 12.8 Å². The summed E-state index contributed by atoms with van der Waals surface area (Å²) in [7, 11) is 0. The third kappa shape index (κ3) is 12.7. The van der Waals surface area contributed by atoms with Gasteiger partial charge >= 0.3 is 5.97 Å². The van der Waals surface area contributed by atoms with Crippen molar-refractivity contribution in [2.75, 3.05) is 0 Å². The normalized spacial score (nSPS) is 12.4. The average molecular weight is 313 g/mol. The van der Waals surface area contributed by atoms with Crippen LogP contribution in [0.3, 0.4) is 0 Å². The van der Waals surface area contributed by atoms with E-state index in [4.69, 9.17) is 5.11 Å². The molecular weight excluding hydrogens is 278 g/mol. The molecule has 0 aromatic carbocycles. The fourth-order valence-corrected chi connectivity index (χ4v) is 2.56. The van der Waals surface area contributed by atoms with E-state index in [1.807, 2.05) is 13.8 Å². The first-order chi connectivity index (χ1) is 10.5. The van der Waals surface area contributed by atoms with Gasteiger partial charge in [-0.2, -0.15) is 0 Å². The second-order valence-corrected chi connectivity index (χ2v) is 6.67. The number of hydrogen-bond acceptors (Lipinski definition) is 2. The van der Waals surface area contributed by atoms with E-state index in [-0.39, 0.29) is 11.8 Å². The highest BCUT2D eigenvalue weighted by molar-refractivity contribution is 5.83. The highest BCUT2D eigenvalue weighted by atomic mass is 16.4. The maximum absolute atomic E-state index is 11.8. The molecule has 130 valence electrons. The first kappa shape index (κ1) is 20.9. The van der Waals surface area contributed by atoms with Crippen LogP contribution in [0.5, 0.6) is 0 Å². The lowest BCUT2D eigenvalue weighted by Crippen LogP contribution is -2.41. The predicted molar refractivity (Wildman–Crippen MR) is 90.9 cm³/mol. The second kappa shape index (κ2) is 13.6. The molecule has 1 atom stereocenters. The van der Waals surface area contributed by atoms with Gasteiger partial charge in [0.1, 0.15) is 6.04 Å². The molecule has 2 N–H and O–H groups in total. The molecule has 0 saturated heterocycles. The van der Waals surface area contributed by atoms with Gasteiger partial charge in [0.25, 0.3) is 0 Å². The summed E-state index contributed by atoms with van der Waals surface area (Å²) < 4.78 is 0. The van der Waals surface area contributed by atoms with E-state index < -0.39 is 12.0 Å². The monoisotopic (exact) mass is 313 g/mol. The van der Waals surface area contributed by atoms with Crippen LogP contribution in [0.4, 0.5) is 0 Å². The highest BCUT2D eigenvalue weighted by Crippen LogP contribution is 2.11. The SMILES string of the molecule is CCCCCCCCCCCC(=O)NC(CC(C)C)C(=O)O. The van der Waals surface area contributed by atoms with Crippen LogP contribution in [0.15, 0.2) is 0 Å². The lowest BCUT2D eigenvalue weighted by atomic mass is 10.0. The second-order valence-electron chi connectivity index (χ2n) is 6.67. The Kier molecular flexibility index (Phi) is 12.9. The Morgan fingerprint density at radius 2 is 1.41 bits per heavy atom. The van der Waals surface area contributed by atoms with Crippen LogP contribution in [-0.2, 0) is 9.59 Å². The van der Waals surface area contributed by atoms with Crippen molar-refractivity contribution in [3.05, 3.63) is 0 Å².